The topological polar surface area (TPSA) is 34.0 Å². The van der Waals surface area contributed by atoms with Crippen molar-refractivity contribution in [2.75, 3.05) is 18.1 Å². The molecule has 0 unspecified atom stereocenters. The van der Waals surface area contributed by atoms with E-state index in [2.05, 4.69) is 37.4 Å². The molecule has 102 valence electrons. The molecule has 0 saturated heterocycles. The van der Waals surface area contributed by atoms with E-state index in [-0.39, 0.29) is 5.91 Å². The van der Waals surface area contributed by atoms with Crippen LogP contribution < -0.4 is 5.32 Å². The van der Waals surface area contributed by atoms with Crippen LogP contribution in [0.3, 0.4) is 0 Å². The predicted octanol–water partition coefficient (Wildman–Crippen LogP) is 2.97. The van der Waals surface area contributed by atoms with Crippen molar-refractivity contribution in [3.8, 4) is 0 Å². The number of carbonyl (C=O) groups excluding carboxylic acids is 1. The smallest absolute Gasteiger partial charge is 0.267 e. The van der Waals surface area contributed by atoms with E-state index < -0.39 is 0 Å². The van der Waals surface area contributed by atoms with Crippen molar-refractivity contribution in [3.63, 3.8) is 0 Å². The zero-order valence-electron chi connectivity index (χ0n) is 11.7. The zero-order valence-corrected chi connectivity index (χ0v) is 12.5. The first-order chi connectivity index (χ1) is 9.13. The van der Waals surface area contributed by atoms with Crippen molar-refractivity contribution in [3.05, 3.63) is 35.5 Å². The van der Waals surface area contributed by atoms with Crippen molar-refractivity contribution in [2.24, 2.45) is 7.05 Å². The average molecular weight is 276 g/mol. The summed E-state index contributed by atoms with van der Waals surface area (Å²) in [5.74, 6) is 2.06. The fraction of sp³-hybridized carbons (Fsp3) is 0.400. The average Bonchev–Trinajstić information content (AvgIpc) is 2.71. The maximum Gasteiger partial charge on any atom is 0.267 e. The van der Waals surface area contributed by atoms with Gasteiger partial charge in [-0.05, 0) is 30.9 Å². The lowest BCUT2D eigenvalue weighted by Gasteiger charge is -2.06. The minimum Gasteiger partial charge on any atom is -0.350 e. The number of thioether (sulfide) groups is 1. The highest BCUT2D eigenvalue weighted by Crippen LogP contribution is 2.20. The predicted molar refractivity (Wildman–Crippen MR) is 83.0 cm³/mol. The summed E-state index contributed by atoms with van der Waals surface area (Å²) in [6.45, 7) is 4.91. The van der Waals surface area contributed by atoms with Crippen LogP contribution in [-0.2, 0) is 7.05 Å². The van der Waals surface area contributed by atoms with Crippen molar-refractivity contribution in [1.82, 2.24) is 9.88 Å². The van der Waals surface area contributed by atoms with Crippen LogP contribution in [0.5, 0.6) is 0 Å². The van der Waals surface area contributed by atoms with Gasteiger partial charge in [-0.1, -0.05) is 18.6 Å². The van der Waals surface area contributed by atoms with Crippen molar-refractivity contribution >= 4 is 28.6 Å². The van der Waals surface area contributed by atoms with Crippen LogP contribution >= 0.6 is 11.8 Å². The molecule has 0 aliphatic carbocycles. The maximum absolute atomic E-state index is 12.1. The Kier molecular flexibility index (Phi) is 4.53. The Morgan fingerprint density at radius 1 is 1.37 bits per heavy atom. The molecule has 0 radical (unpaired) electrons. The van der Waals surface area contributed by atoms with Crippen molar-refractivity contribution < 1.29 is 4.79 Å². The summed E-state index contributed by atoms with van der Waals surface area (Å²) in [4.78, 5) is 12.1. The standard InChI is InChI=1S/C15H20N2OS/c1-4-19-8-7-16-15(18)14-10-12-9-11(2)5-6-13(12)17(14)3/h5-6,9-10H,4,7-8H2,1-3H3,(H,16,18). The molecule has 0 saturated carbocycles. The Balaban J connectivity index is 2.15. The first kappa shape index (κ1) is 14.0. The highest BCUT2D eigenvalue weighted by Gasteiger charge is 2.12. The Morgan fingerprint density at radius 3 is 2.89 bits per heavy atom. The molecule has 2 rings (SSSR count). The fourth-order valence-corrected chi connectivity index (χ4v) is 2.69. The fourth-order valence-electron chi connectivity index (χ4n) is 2.16. The van der Waals surface area contributed by atoms with Crippen LogP contribution in [0, 0.1) is 6.92 Å². The molecule has 4 heteroatoms. The van der Waals surface area contributed by atoms with Gasteiger partial charge in [-0.25, -0.2) is 0 Å². The van der Waals surface area contributed by atoms with Gasteiger partial charge < -0.3 is 9.88 Å². The molecule has 1 N–H and O–H groups in total. The third kappa shape index (κ3) is 3.13. The number of rotatable bonds is 5. The number of carbonyl (C=O) groups is 1. The summed E-state index contributed by atoms with van der Waals surface area (Å²) in [5, 5.41) is 4.09. The van der Waals surface area contributed by atoms with Crippen LogP contribution in [0.4, 0.5) is 0 Å². The number of fused-ring (bicyclic) bond motifs is 1. The molecule has 0 atom stereocenters. The number of aryl methyl sites for hydroxylation is 2. The molecule has 0 aliphatic rings. The lowest BCUT2D eigenvalue weighted by atomic mass is 10.2. The van der Waals surface area contributed by atoms with Gasteiger partial charge in [-0.15, -0.1) is 0 Å². The largest absolute Gasteiger partial charge is 0.350 e. The highest BCUT2D eigenvalue weighted by atomic mass is 32.2. The molecular formula is C15H20N2OS. The summed E-state index contributed by atoms with van der Waals surface area (Å²) < 4.78 is 1.96. The van der Waals surface area contributed by atoms with Crippen LogP contribution in [-0.4, -0.2) is 28.5 Å². The molecule has 1 aromatic heterocycles. The van der Waals surface area contributed by atoms with E-state index in [0.29, 0.717) is 0 Å². The summed E-state index contributed by atoms with van der Waals surface area (Å²) >= 11 is 1.83. The third-order valence-corrected chi connectivity index (χ3v) is 4.07. The lowest BCUT2D eigenvalue weighted by Crippen LogP contribution is -2.27. The normalized spacial score (nSPS) is 10.9. The highest BCUT2D eigenvalue weighted by molar-refractivity contribution is 7.99. The quantitative estimate of drug-likeness (QED) is 0.852. The number of hydrogen-bond donors (Lipinski definition) is 1. The number of aromatic nitrogens is 1. The second kappa shape index (κ2) is 6.15. The Labute approximate surface area is 118 Å². The van der Waals surface area contributed by atoms with Gasteiger partial charge >= 0.3 is 0 Å². The summed E-state index contributed by atoms with van der Waals surface area (Å²) in [7, 11) is 1.94. The van der Waals surface area contributed by atoms with E-state index in [1.54, 1.807) is 0 Å². The Hall–Kier alpha value is -1.42. The summed E-state index contributed by atoms with van der Waals surface area (Å²) in [6, 6.07) is 8.21. The van der Waals surface area contributed by atoms with Gasteiger partial charge in [0.25, 0.3) is 5.91 Å². The molecule has 0 bridgehead atoms. The molecule has 1 aromatic carbocycles. The number of nitrogens with one attached hydrogen (secondary N) is 1. The molecule has 3 nitrogen and oxygen atoms in total. The van der Waals surface area contributed by atoms with Gasteiger partial charge in [0.05, 0.1) is 0 Å². The molecular weight excluding hydrogens is 256 g/mol. The minimum atomic E-state index is 0.00746. The molecule has 19 heavy (non-hydrogen) atoms. The minimum absolute atomic E-state index is 0.00746. The van der Waals surface area contributed by atoms with E-state index in [0.717, 1.165) is 34.6 Å². The first-order valence-corrected chi connectivity index (χ1v) is 7.71. The molecule has 0 fully saturated rings. The molecule has 0 spiro atoms. The van der Waals surface area contributed by atoms with Gasteiger partial charge in [0.2, 0.25) is 0 Å². The van der Waals surface area contributed by atoms with E-state index >= 15 is 0 Å². The van der Waals surface area contributed by atoms with Gasteiger partial charge in [-0.3, -0.25) is 4.79 Å². The van der Waals surface area contributed by atoms with Crippen molar-refractivity contribution in [2.45, 2.75) is 13.8 Å². The summed E-state index contributed by atoms with van der Waals surface area (Å²) in [5.41, 5.74) is 3.03. The van der Waals surface area contributed by atoms with Crippen molar-refractivity contribution in [1.29, 1.82) is 0 Å². The van der Waals surface area contributed by atoms with Crippen LogP contribution in [0.1, 0.15) is 23.0 Å². The van der Waals surface area contributed by atoms with Gasteiger partial charge in [0, 0.05) is 30.2 Å². The monoisotopic (exact) mass is 276 g/mol. The van der Waals surface area contributed by atoms with E-state index in [4.69, 9.17) is 0 Å². The lowest BCUT2D eigenvalue weighted by molar-refractivity contribution is 0.0948. The van der Waals surface area contributed by atoms with E-state index in [9.17, 15) is 4.79 Å². The van der Waals surface area contributed by atoms with Crippen LogP contribution in [0.2, 0.25) is 0 Å². The first-order valence-electron chi connectivity index (χ1n) is 6.55. The summed E-state index contributed by atoms with van der Waals surface area (Å²) in [6.07, 6.45) is 0. The van der Waals surface area contributed by atoms with Gasteiger partial charge in [-0.2, -0.15) is 11.8 Å². The van der Waals surface area contributed by atoms with Gasteiger partial charge in [0.1, 0.15) is 5.69 Å². The second-order valence-electron chi connectivity index (χ2n) is 4.60. The zero-order chi connectivity index (χ0) is 13.8. The van der Waals surface area contributed by atoms with E-state index in [1.165, 1.54) is 5.56 Å². The Bertz CT molecular complexity index is 589. The SMILES string of the molecule is CCSCCNC(=O)c1cc2cc(C)ccc2n1C. The molecule has 0 aliphatic heterocycles. The number of hydrogen-bond acceptors (Lipinski definition) is 2. The van der Waals surface area contributed by atoms with Crippen LogP contribution in [0.25, 0.3) is 10.9 Å². The van der Waals surface area contributed by atoms with E-state index in [1.807, 2.05) is 29.4 Å². The number of benzene rings is 1. The number of nitrogens with zero attached hydrogens (tertiary/aromatic N) is 1. The Morgan fingerprint density at radius 2 is 2.16 bits per heavy atom. The van der Waals surface area contributed by atoms with Gasteiger partial charge in [0.15, 0.2) is 0 Å². The molecule has 1 heterocycles. The number of amides is 1. The maximum atomic E-state index is 12.1. The van der Waals surface area contributed by atoms with Crippen LogP contribution in [0.15, 0.2) is 24.3 Å². The molecule has 2 aromatic rings. The molecule has 1 amide bonds. The third-order valence-electron chi connectivity index (χ3n) is 3.17. The second-order valence-corrected chi connectivity index (χ2v) is 6.00.